The van der Waals surface area contributed by atoms with Crippen LogP contribution in [0.15, 0.2) is 46.9 Å². The number of anilines is 2. The minimum atomic E-state index is 0.00842. The molecule has 0 saturated heterocycles. The van der Waals surface area contributed by atoms with Crippen molar-refractivity contribution in [2.75, 3.05) is 17.3 Å². The Kier molecular flexibility index (Phi) is 4.88. The Morgan fingerprint density at radius 3 is 2.52 bits per heavy atom. The fourth-order valence-electron chi connectivity index (χ4n) is 2.08. The Hall–Kier alpha value is -1.55. The predicted octanol–water partition coefficient (Wildman–Crippen LogP) is 4.69. The van der Waals surface area contributed by atoms with Gasteiger partial charge in [-0.3, -0.25) is 0 Å². The Morgan fingerprint density at radius 1 is 1.14 bits per heavy atom. The second-order valence-electron chi connectivity index (χ2n) is 6.24. The topological polar surface area (TPSA) is 28.2 Å². The van der Waals surface area contributed by atoms with Gasteiger partial charge in [0.05, 0.1) is 0 Å². The van der Waals surface area contributed by atoms with Crippen LogP contribution in [-0.4, -0.2) is 17.6 Å². The van der Waals surface area contributed by atoms with Gasteiger partial charge >= 0.3 is 0 Å². The average Bonchev–Trinajstić information content (AvgIpc) is 2.37. The van der Waals surface area contributed by atoms with Crippen molar-refractivity contribution in [3.63, 3.8) is 0 Å². The Bertz CT molecular complexity index is 605. The molecule has 112 valence electrons. The van der Waals surface area contributed by atoms with Gasteiger partial charge in [-0.05, 0) is 50.6 Å². The lowest BCUT2D eigenvalue weighted by Gasteiger charge is -2.23. The molecule has 2 rings (SSSR count). The summed E-state index contributed by atoms with van der Waals surface area (Å²) < 4.78 is 1.10. The molecule has 0 fully saturated rings. The third-order valence-electron chi connectivity index (χ3n) is 2.94. The molecule has 0 spiro atoms. The number of benzene rings is 1. The average molecular weight is 348 g/mol. The third kappa shape index (κ3) is 5.05. The van der Waals surface area contributed by atoms with Crippen LogP contribution in [0.2, 0.25) is 0 Å². The molecule has 3 nitrogen and oxygen atoms in total. The van der Waals surface area contributed by atoms with Crippen LogP contribution in [0.3, 0.4) is 0 Å². The monoisotopic (exact) mass is 347 g/mol. The highest BCUT2D eigenvalue weighted by Crippen LogP contribution is 2.19. The fraction of sp³-hybridized carbons (Fsp3) is 0.353. The van der Waals surface area contributed by atoms with Gasteiger partial charge < -0.3 is 10.2 Å². The van der Waals surface area contributed by atoms with E-state index in [-0.39, 0.29) is 5.54 Å². The van der Waals surface area contributed by atoms with Crippen molar-refractivity contribution in [3.8, 4) is 0 Å². The smallest absolute Gasteiger partial charge is 0.130 e. The van der Waals surface area contributed by atoms with Crippen LogP contribution < -0.4 is 10.2 Å². The molecule has 0 unspecified atom stereocenters. The molecule has 0 radical (unpaired) electrons. The zero-order valence-corrected chi connectivity index (χ0v) is 14.6. The van der Waals surface area contributed by atoms with Crippen molar-refractivity contribution in [2.24, 2.45) is 0 Å². The molecular formula is C17H22BrN3. The summed E-state index contributed by atoms with van der Waals surface area (Å²) in [5.41, 5.74) is 1.26. The first kappa shape index (κ1) is 15.8. The van der Waals surface area contributed by atoms with E-state index in [1.807, 2.05) is 24.3 Å². The molecule has 4 heteroatoms. The van der Waals surface area contributed by atoms with Gasteiger partial charge in [0.15, 0.2) is 0 Å². The van der Waals surface area contributed by atoms with Gasteiger partial charge in [0.25, 0.3) is 0 Å². The highest BCUT2D eigenvalue weighted by Gasteiger charge is 2.11. The van der Waals surface area contributed by atoms with Crippen LogP contribution in [0.1, 0.15) is 26.3 Å². The maximum Gasteiger partial charge on any atom is 0.130 e. The maximum atomic E-state index is 4.68. The minimum Gasteiger partial charge on any atom is -0.365 e. The van der Waals surface area contributed by atoms with E-state index in [4.69, 9.17) is 0 Å². The molecule has 0 amide bonds. The molecule has 0 aliphatic rings. The second-order valence-corrected chi connectivity index (χ2v) is 7.16. The van der Waals surface area contributed by atoms with E-state index in [1.165, 1.54) is 5.56 Å². The number of nitrogens with one attached hydrogen (secondary N) is 1. The number of hydrogen-bond donors (Lipinski definition) is 1. The van der Waals surface area contributed by atoms with Crippen molar-refractivity contribution in [3.05, 3.63) is 52.5 Å². The Morgan fingerprint density at radius 2 is 1.86 bits per heavy atom. The van der Waals surface area contributed by atoms with Crippen molar-refractivity contribution in [1.29, 1.82) is 0 Å². The van der Waals surface area contributed by atoms with Gasteiger partial charge in [-0.2, -0.15) is 0 Å². The van der Waals surface area contributed by atoms with E-state index in [0.29, 0.717) is 0 Å². The van der Waals surface area contributed by atoms with E-state index in [1.54, 1.807) is 0 Å². The number of pyridine rings is 1. The van der Waals surface area contributed by atoms with Crippen molar-refractivity contribution in [2.45, 2.75) is 32.9 Å². The summed E-state index contributed by atoms with van der Waals surface area (Å²) >= 11 is 3.51. The van der Waals surface area contributed by atoms with E-state index >= 15 is 0 Å². The number of nitrogens with zero attached hydrogens (tertiary/aromatic N) is 2. The van der Waals surface area contributed by atoms with Crippen LogP contribution in [0.4, 0.5) is 11.6 Å². The van der Waals surface area contributed by atoms with Crippen molar-refractivity contribution >= 4 is 27.6 Å². The number of rotatable bonds is 4. The molecule has 21 heavy (non-hydrogen) atoms. The zero-order valence-electron chi connectivity index (χ0n) is 13.0. The largest absolute Gasteiger partial charge is 0.365 e. The first-order valence-corrected chi connectivity index (χ1v) is 7.84. The molecule has 1 heterocycles. The molecular weight excluding hydrogens is 326 g/mol. The lowest BCUT2D eigenvalue weighted by Crippen LogP contribution is -2.27. The Labute approximate surface area is 135 Å². The molecule has 1 aromatic carbocycles. The SMILES string of the molecule is CN(Cc1cccc(Br)c1)c1cccc(NC(C)(C)C)n1. The Balaban J connectivity index is 2.12. The summed E-state index contributed by atoms with van der Waals surface area (Å²) in [6.45, 7) is 7.22. The van der Waals surface area contributed by atoms with Gasteiger partial charge in [0, 0.05) is 23.6 Å². The quantitative estimate of drug-likeness (QED) is 0.869. The molecule has 0 aliphatic heterocycles. The third-order valence-corrected chi connectivity index (χ3v) is 3.43. The second kappa shape index (κ2) is 6.48. The highest BCUT2D eigenvalue weighted by molar-refractivity contribution is 9.10. The first-order valence-electron chi connectivity index (χ1n) is 7.04. The van der Waals surface area contributed by atoms with Crippen LogP contribution in [0.25, 0.3) is 0 Å². The van der Waals surface area contributed by atoms with Crippen molar-refractivity contribution in [1.82, 2.24) is 4.98 Å². The summed E-state index contributed by atoms with van der Waals surface area (Å²) in [5, 5.41) is 3.40. The van der Waals surface area contributed by atoms with Gasteiger partial charge in [-0.15, -0.1) is 0 Å². The van der Waals surface area contributed by atoms with Crippen LogP contribution in [0, 0.1) is 0 Å². The minimum absolute atomic E-state index is 0.00842. The number of aromatic nitrogens is 1. The van der Waals surface area contributed by atoms with E-state index in [0.717, 1.165) is 22.7 Å². The van der Waals surface area contributed by atoms with Crippen LogP contribution >= 0.6 is 15.9 Å². The summed E-state index contributed by atoms with van der Waals surface area (Å²) in [7, 11) is 2.06. The molecule has 0 atom stereocenters. The van der Waals surface area contributed by atoms with E-state index in [2.05, 4.69) is 77.1 Å². The van der Waals surface area contributed by atoms with Gasteiger partial charge in [-0.25, -0.2) is 4.98 Å². The molecule has 0 saturated carbocycles. The summed E-state index contributed by atoms with van der Waals surface area (Å²) in [6.07, 6.45) is 0. The number of halogens is 1. The lowest BCUT2D eigenvalue weighted by molar-refractivity contribution is 0.630. The predicted molar refractivity (Wildman–Crippen MR) is 93.9 cm³/mol. The first-order chi connectivity index (χ1) is 9.83. The maximum absolute atomic E-state index is 4.68. The summed E-state index contributed by atoms with van der Waals surface area (Å²) in [6, 6.07) is 14.4. The summed E-state index contributed by atoms with van der Waals surface area (Å²) in [5.74, 6) is 1.87. The van der Waals surface area contributed by atoms with Gasteiger partial charge in [0.1, 0.15) is 11.6 Å². The molecule has 0 bridgehead atoms. The van der Waals surface area contributed by atoms with Crippen LogP contribution in [0.5, 0.6) is 0 Å². The fourth-order valence-corrected chi connectivity index (χ4v) is 2.53. The van der Waals surface area contributed by atoms with E-state index in [9.17, 15) is 0 Å². The summed E-state index contributed by atoms with van der Waals surface area (Å²) in [4.78, 5) is 6.83. The van der Waals surface area contributed by atoms with Crippen molar-refractivity contribution < 1.29 is 0 Å². The molecule has 1 N–H and O–H groups in total. The molecule has 2 aromatic rings. The van der Waals surface area contributed by atoms with Gasteiger partial charge in [-0.1, -0.05) is 34.1 Å². The molecule has 1 aromatic heterocycles. The highest BCUT2D eigenvalue weighted by atomic mass is 79.9. The number of hydrogen-bond acceptors (Lipinski definition) is 3. The zero-order chi connectivity index (χ0) is 15.5. The van der Waals surface area contributed by atoms with Crippen LogP contribution in [-0.2, 0) is 6.54 Å². The van der Waals surface area contributed by atoms with E-state index < -0.39 is 0 Å². The molecule has 0 aliphatic carbocycles. The van der Waals surface area contributed by atoms with Gasteiger partial charge in [0.2, 0.25) is 0 Å². The lowest BCUT2D eigenvalue weighted by atomic mass is 10.1. The normalized spacial score (nSPS) is 11.3. The standard InChI is InChI=1S/C17H22BrN3/c1-17(2,3)20-15-9-6-10-16(19-15)21(4)12-13-7-5-8-14(18)11-13/h5-11H,12H2,1-4H3,(H,19,20).